The summed E-state index contributed by atoms with van der Waals surface area (Å²) in [5, 5.41) is 5.72. The summed E-state index contributed by atoms with van der Waals surface area (Å²) in [5.74, 6) is -0.00798. The molecule has 122 valence electrons. The van der Waals surface area contributed by atoms with Gasteiger partial charge in [0.1, 0.15) is 5.41 Å². The molecule has 0 saturated heterocycles. The van der Waals surface area contributed by atoms with Gasteiger partial charge in [0.2, 0.25) is 11.8 Å². The average molecular weight is 304 g/mol. The van der Waals surface area contributed by atoms with E-state index < -0.39 is 5.41 Å². The minimum atomic E-state index is -1.10. The van der Waals surface area contributed by atoms with Crippen molar-refractivity contribution in [2.45, 2.75) is 48.0 Å². The predicted octanol–water partition coefficient (Wildman–Crippen LogP) is 3.43. The lowest BCUT2D eigenvalue weighted by molar-refractivity contribution is -0.138. The van der Waals surface area contributed by atoms with Crippen LogP contribution in [0, 0.1) is 25.2 Å². The topological polar surface area (TPSA) is 58.2 Å². The molecule has 0 bridgehead atoms. The molecule has 0 radical (unpaired) electrons. The number of nitrogens with one attached hydrogen (secondary N) is 2. The maximum Gasteiger partial charge on any atom is 0.239 e. The molecule has 1 aromatic rings. The van der Waals surface area contributed by atoms with Gasteiger partial charge in [0, 0.05) is 12.2 Å². The largest absolute Gasteiger partial charge is 0.355 e. The third kappa shape index (κ3) is 4.86. The van der Waals surface area contributed by atoms with E-state index in [4.69, 9.17) is 0 Å². The molecule has 0 aromatic heterocycles. The first-order chi connectivity index (χ1) is 10.1. The molecule has 0 unspecified atom stereocenters. The Morgan fingerprint density at radius 3 is 2.36 bits per heavy atom. The van der Waals surface area contributed by atoms with Crippen LogP contribution in [-0.2, 0) is 9.59 Å². The Balaban J connectivity index is 2.73. The molecule has 4 heteroatoms. The number of amides is 2. The van der Waals surface area contributed by atoms with E-state index in [0.29, 0.717) is 12.5 Å². The van der Waals surface area contributed by atoms with Crippen LogP contribution < -0.4 is 10.6 Å². The molecule has 0 spiro atoms. The molecule has 0 saturated carbocycles. The maximum absolute atomic E-state index is 12.5. The Morgan fingerprint density at radius 2 is 1.77 bits per heavy atom. The first kappa shape index (κ1) is 18.2. The predicted molar refractivity (Wildman–Crippen MR) is 90.8 cm³/mol. The summed E-state index contributed by atoms with van der Waals surface area (Å²) in [7, 11) is 0. The van der Waals surface area contributed by atoms with Gasteiger partial charge in [0.15, 0.2) is 0 Å². The number of hydrogen-bond donors (Lipinski definition) is 2. The number of carbonyl (C=O) groups is 2. The van der Waals surface area contributed by atoms with Crippen LogP contribution in [0.25, 0.3) is 0 Å². The number of rotatable bonds is 6. The molecule has 2 amide bonds. The van der Waals surface area contributed by atoms with E-state index in [9.17, 15) is 9.59 Å². The molecule has 0 aliphatic carbocycles. The maximum atomic E-state index is 12.5. The SMILES string of the molecule is Cc1ccc(C)c(NC(=O)C(C)(C)C(=O)NCCC(C)C)c1. The first-order valence-corrected chi connectivity index (χ1v) is 7.81. The van der Waals surface area contributed by atoms with Crippen molar-refractivity contribution in [3.63, 3.8) is 0 Å². The third-order valence-electron chi connectivity index (χ3n) is 3.78. The lowest BCUT2D eigenvalue weighted by Gasteiger charge is -2.23. The molecule has 1 rings (SSSR count). The standard InChI is InChI=1S/C18H28N2O2/c1-12(2)9-10-19-16(21)18(5,6)17(22)20-15-11-13(3)7-8-14(15)4/h7-8,11-12H,9-10H2,1-6H3,(H,19,21)(H,20,22). The molecule has 0 aliphatic heterocycles. The van der Waals surface area contributed by atoms with E-state index in [2.05, 4.69) is 24.5 Å². The smallest absolute Gasteiger partial charge is 0.239 e. The van der Waals surface area contributed by atoms with Gasteiger partial charge in [-0.05, 0) is 57.2 Å². The van der Waals surface area contributed by atoms with Crippen molar-refractivity contribution in [2.24, 2.45) is 11.3 Å². The highest BCUT2D eigenvalue weighted by atomic mass is 16.2. The summed E-state index contributed by atoms with van der Waals surface area (Å²) in [6.45, 7) is 12.0. The van der Waals surface area contributed by atoms with E-state index >= 15 is 0 Å². The molecule has 4 nitrogen and oxygen atoms in total. The average Bonchev–Trinajstić information content (AvgIpc) is 2.42. The van der Waals surface area contributed by atoms with Crippen LogP contribution >= 0.6 is 0 Å². The van der Waals surface area contributed by atoms with Gasteiger partial charge in [-0.3, -0.25) is 9.59 Å². The van der Waals surface area contributed by atoms with Crippen molar-refractivity contribution in [1.29, 1.82) is 0 Å². The second-order valence-electron chi connectivity index (χ2n) is 6.84. The van der Waals surface area contributed by atoms with Crippen LogP contribution in [0.15, 0.2) is 18.2 Å². The first-order valence-electron chi connectivity index (χ1n) is 7.81. The number of hydrogen-bond acceptors (Lipinski definition) is 2. The zero-order chi connectivity index (χ0) is 16.9. The quantitative estimate of drug-likeness (QED) is 0.791. The van der Waals surface area contributed by atoms with E-state index in [-0.39, 0.29) is 11.8 Å². The van der Waals surface area contributed by atoms with Crippen molar-refractivity contribution in [1.82, 2.24) is 5.32 Å². The van der Waals surface area contributed by atoms with Gasteiger partial charge in [-0.2, -0.15) is 0 Å². The number of anilines is 1. The normalized spacial score (nSPS) is 11.4. The van der Waals surface area contributed by atoms with Gasteiger partial charge in [-0.15, -0.1) is 0 Å². The summed E-state index contributed by atoms with van der Waals surface area (Å²) < 4.78 is 0. The van der Waals surface area contributed by atoms with Gasteiger partial charge < -0.3 is 10.6 Å². The molecule has 0 aliphatic rings. The lowest BCUT2D eigenvalue weighted by Crippen LogP contribution is -2.45. The van der Waals surface area contributed by atoms with Crippen molar-refractivity contribution < 1.29 is 9.59 Å². The zero-order valence-electron chi connectivity index (χ0n) is 14.5. The van der Waals surface area contributed by atoms with Gasteiger partial charge in [-0.1, -0.05) is 26.0 Å². The van der Waals surface area contributed by atoms with Crippen LogP contribution in [-0.4, -0.2) is 18.4 Å². The summed E-state index contributed by atoms with van der Waals surface area (Å²) in [6, 6.07) is 5.87. The van der Waals surface area contributed by atoms with Crippen molar-refractivity contribution in [3.8, 4) is 0 Å². The molecule has 0 fully saturated rings. The Morgan fingerprint density at radius 1 is 1.14 bits per heavy atom. The lowest BCUT2D eigenvalue weighted by atomic mass is 9.90. The molecule has 0 heterocycles. The number of carbonyl (C=O) groups excluding carboxylic acids is 2. The van der Waals surface area contributed by atoms with Gasteiger partial charge in [0.25, 0.3) is 0 Å². The summed E-state index contributed by atoms with van der Waals surface area (Å²) in [4.78, 5) is 24.7. The van der Waals surface area contributed by atoms with E-state index in [0.717, 1.165) is 23.2 Å². The summed E-state index contributed by atoms with van der Waals surface area (Å²) in [6.07, 6.45) is 0.903. The molecule has 0 atom stereocenters. The molecular formula is C18H28N2O2. The van der Waals surface area contributed by atoms with Crippen LogP contribution in [0.2, 0.25) is 0 Å². The molecule has 2 N–H and O–H groups in total. The van der Waals surface area contributed by atoms with Crippen molar-refractivity contribution in [2.75, 3.05) is 11.9 Å². The fourth-order valence-corrected chi connectivity index (χ4v) is 1.95. The fraction of sp³-hybridized carbons (Fsp3) is 0.556. The second kappa shape index (κ2) is 7.43. The van der Waals surface area contributed by atoms with E-state index in [1.54, 1.807) is 13.8 Å². The Bertz CT molecular complexity index is 548. The van der Waals surface area contributed by atoms with Gasteiger partial charge in [0.05, 0.1) is 0 Å². The summed E-state index contributed by atoms with van der Waals surface area (Å²) in [5.41, 5.74) is 1.70. The highest BCUT2D eigenvalue weighted by molar-refractivity contribution is 6.10. The van der Waals surface area contributed by atoms with E-state index in [1.165, 1.54) is 0 Å². The number of aryl methyl sites for hydroxylation is 2. The third-order valence-corrected chi connectivity index (χ3v) is 3.78. The molecule has 22 heavy (non-hydrogen) atoms. The minimum absolute atomic E-state index is 0.240. The molecular weight excluding hydrogens is 276 g/mol. The Labute approximate surface area is 133 Å². The number of benzene rings is 1. The molecule has 1 aromatic carbocycles. The van der Waals surface area contributed by atoms with E-state index in [1.807, 2.05) is 32.0 Å². The minimum Gasteiger partial charge on any atom is -0.355 e. The van der Waals surface area contributed by atoms with Crippen molar-refractivity contribution in [3.05, 3.63) is 29.3 Å². The monoisotopic (exact) mass is 304 g/mol. The van der Waals surface area contributed by atoms with Gasteiger partial charge >= 0.3 is 0 Å². The van der Waals surface area contributed by atoms with Crippen LogP contribution in [0.4, 0.5) is 5.69 Å². The zero-order valence-corrected chi connectivity index (χ0v) is 14.5. The summed E-state index contributed by atoms with van der Waals surface area (Å²) >= 11 is 0. The Hall–Kier alpha value is -1.84. The second-order valence-corrected chi connectivity index (χ2v) is 6.84. The van der Waals surface area contributed by atoms with Crippen molar-refractivity contribution >= 4 is 17.5 Å². The highest BCUT2D eigenvalue weighted by Gasteiger charge is 2.36. The fourth-order valence-electron chi connectivity index (χ4n) is 1.95. The van der Waals surface area contributed by atoms with Crippen LogP contribution in [0.3, 0.4) is 0 Å². The highest BCUT2D eigenvalue weighted by Crippen LogP contribution is 2.22. The van der Waals surface area contributed by atoms with Gasteiger partial charge in [-0.25, -0.2) is 0 Å². The van der Waals surface area contributed by atoms with Crippen LogP contribution in [0.1, 0.15) is 45.2 Å². The van der Waals surface area contributed by atoms with Crippen LogP contribution in [0.5, 0.6) is 0 Å². The Kier molecular flexibility index (Phi) is 6.15.